The van der Waals surface area contributed by atoms with Crippen LogP contribution in [0.1, 0.15) is 97.3 Å². The summed E-state index contributed by atoms with van der Waals surface area (Å²) in [6.07, 6.45) is 5.75. The number of hydrogen-bond donors (Lipinski definition) is 0. The van der Waals surface area contributed by atoms with E-state index in [-0.39, 0.29) is 16.8 Å². The molecule has 182 valence electrons. The molecule has 1 aliphatic rings. The Morgan fingerprint density at radius 1 is 0.788 bits per heavy atom. The van der Waals surface area contributed by atoms with Gasteiger partial charge in [-0.2, -0.15) is 0 Å². The zero-order chi connectivity index (χ0) is 24.6. The summed E-state index contributed by atoms with van der Waals surface area (Å²) in [6, 6.07) is 9.56. The smallest absolute Gasteiger partial charge is 0.133 e. The second-order valence-electron chi connectivity index (χ2n) is 12.6. The molecule has 1 aliphatic carbocycles. The summed E-state index contributed by atoms with van der Waals surface area (Å²) in [6.45, 7) is 14.7. The summed E-state index contributed by atoms with van der Waals surface area (Å²) in [5.41, 5.74) is 0.208. The summed E-state index contributed by atoms with van der Waals surface area (Å²) in [4.78, 5) is 0. The molecular formula is C30H41F3. The maximum Gasteiger partial charge on any atom is 0.133 e. The normalized spacial score (nSPS) is 20.2. The maximum absolute atomic E-state index is 15.9. The Balaban J connectivity index is 1.87. The first kappa shape index (κ1) is 25.8. The molecule has 2 unspecified atom stereocenters. The van der Waals surface area contributed by atoms with Crippen molar-refractivity contribution in [3.8, 4) is 0 Å². The van der Waals surface area contributed by atoms with E-state index < -0.39 is 22.5 Å². The molecule has 0 saturated heterocycles. The fourth-order valence-electron chi connectivity index (χ4n) is 6.02. The third kappa shape index (κ3) is 5.84. The SMILES string of the molecule is CC(C)(Cc1ccc(F)c(C(C)(C)CC2CCCC(C(C)(C)C)C2)c1F)c1ccccc1F. The lowest BCUT2D eigenvalue weighted by Crippen LogP contribution is -2.32. The summed E-state index contributed by atoms with van der Waals surface area (Å²) in [5, 5.41) is 0. The summed E-state index contributed by atoms with van der Waals surface area (Å²) >= 11 is 0. The van der Waals surface area contributed by atoms with Crippen LogP contribution in [0, 0.1) is 34.7 Å². The van der Waals surface area contributed by atoms with Crippen molar-refractivity contribution in [1.29, 1.82) is 0 Å². The van der Waals surface area contributed by atoms with Gasteiger partial charge >= 0.3 is 0 Å². The fourth-order valence-corrected chi connectivity index (χ4v) is 6.02. The Morgan fingerprint density at radius 3 is 2.09 bits per heavy atom. The van der Waals surface area contributed by atoms with Gasteiger partial charge in [-0.25, -0.2) is 13.2 Å². The summed E-state index contributed by atoms with van der Waals surface area (Å²) in [5.74, 6) is -0.123. The van der Waals surface area contributed by atoms with E-state index in [1.807, 2.05) is 27.7 Å². The van der Waals surface area contributed by atoms with E-state index in [1.165, 1.54) is 31.0 Å². The quantitative estimate of drug-likeness (QED) is 0.405. The Morgan fingerprint density at radius 2 is 1.45 bits per heavy atom. The second-order valence-corrected chi connectivity index (χ2v) is 12.6. The standard InChI is InChI=1S/C30H41F3/c1-28(2,3)22-12-10-11-20(17-22)18-30(6,7)26-25(32)16-15-21(27(26)33)19-29(4,5)23-13-8-9-14-24(23)31/h8-9,13-16,20,22H,10-12,17-19H2,1-7H3. The third-order valence-electron chi connectivity index (χ3n) is 7.89. The highest BCUT2D eigenvalue weighted by Gasteiger charge is 2.37. The van der Waals surface area contributed by atoms with E-state index in [2.05, 4.69) is 20.8 Å². The van der Waals surface area contributed by atoms with Crippen molar-refractivity contribution in [2.24, 2.45) is 17.3 Å². The molecule has 2 atom stereocenters. The van der Waals surface area contributed by atoms with Gasteiger partial charge in [0, 0.05) is 5.56 Å². The molecule has 3 heteroatoms. The Hall–Kier alpha value is -1.77. The molecule has 1 saturated carbocycles. The first-order valence-electron chi connectivity index (χ1n) is 12.4. The Labute approximate surface area is 199 Å². The number of hydrogen-bond acceptors (Lipinski definition) is 0. The topological polar surface area (TPSA) is 0 Å². The Bertz CT molecular complexity index is 965. The van der Waals surface area contributed by atoms with Crippen LogP contribution in [0.4, 0.5) is 13.2 Å². The molecule has 1 fully saturated rings. The minimum Gasteiger partial charge on any atom is -0.207 e. The number of halogens is 3. The van der Waals surface area contributed by atoms with Crippen LogP contribution in [0.2, 0.25) is 0 Å². The van der Waals surface area contributed by atoms with Crippen LogP contribution in [0.15, 0.2) is 36.4 Å². The molecule has 0 aliphatic heterocycles. The molecule has 0 N–H and O–H groups in total. The van der Waals surface area contributed by atoms with E-state index in [1.54, 1.807) is 18.2 Å². The monoisotopic (exact) mass is 458 g/mol. The van der Waals surface area contributed by atoms with Crippen LogP contribution in [0.25, 0.3) is 0 Å². The van der Waals surface area contributed by atoms with Crippen molar-refractivity contribution in [1.82, 2.24) is 0 Å². The van der Waals surface area contributed by atoms with Crippen LogP contribution >= 0.6 is 0 Å². The zero-order valence-corrected chi connectivity index (χ0v) is 21.5. The lowest BCUT2D eigenvalue weighted by molar-refractivity contribution is 0.125. The van der Waals surface area contributed by atoms with Crippen LogP contribution in [0.3, 0.4) is 0 Å². The molecule has 0 bridgehead atoms. The number of benzene rings is 2. The van der Waals surface area contributed by atoms with Crippen molar-refractivity contribution < 1.29 is 13.2 Å². The van der Waals surface area contributed by atoms with Gasteiger partial charge in [-0.15, -0.1) is 0 Å². The average molecular weight is 459 g/mol. The first-order chi connectivity index (χ1) is 15.2. The van der Waals surface area contributed by atoms with Crippen molar-refractivity contribution >= 4 is 0 Å². The third-order valence-corrected chi connectivity index (χ3v) is 7.89. The summed E-state index contributed by atoms with van der Waals surface area (Å²) < 4.78 is 45.4. The van der Waals surface area contributed by atoms with Crippen LogP contribution in [-0.2, 0) is 17.3 Å². The molecule has 0 aromatic heterocycles. The lowest BCUT2D eigenvalue weighted by Gasteiger charge is -2.40. The fraction of sp³-hybridized carbons (Fsp3) is 0.600. The van der Waals surface area contributed by atoms with E-state index in [0.29, 0.717) is 29.4 Å². The van der Waals surface area contributed by atoms with Crippen LogP contribution in [0.5, 0.6) is 0 Å². The molecule has 0 radical (unpaired) electrons. The van der Waals surface area contributed by atoms with Crippen LogP contribution < -0.4 is 0 Å². The summed E-state index contributed by atoms with van der Waals surface area (Å²) in [7, 11) is 0. The minimum absolute atomic E-state index is 0.183. The molecule has 2 aromatic carbocycles. The van der Waals surface area contributed by atoms with Crippen LogP contribution in [-0.4, -0.2) is 0 Å². The van der Waals surface area contributed by atoms with Gasteiger partial charge < -0.3 is 0 Å². The van der Waals surface area contributed by atoms with Gasteiger partial charge in [-0.3, -0.25) is 0 Å². The minimum atomic E-state index is -0.616. The molecule has 0 spiro atoms. The van der Waals surface area contributed by atoms with Gasteiger partial charge in [0.2, 0.25) is 0 Å². The van der Waals surface area contributed by atoms with Gasteiger partial charge in [-0.1, -0.05) is 85.6 Å². The van der Waals surface area contributed by atoms with Gasteiger partial charge in [0.25, 0.3) is 0 Å². The molecule has 33 heavy (non-hydrogen) atoms. The number of rotatable bonds is 6. The van der Waals surface area contributed by atoms with Crippen molar-refractivity contribution in [3.05, 3.63) is 70.5 Å². The highest BCUT2D eigenvalue weighted by Crippen LogP contribution is 2.45. The highest BCUT2D eigenvalue weighted by atomic mass is 19.1. The lowest BCUT2D eigenvalue weighted by atomic mass is 9.65. The first-order valence-corrected chi connectivity index (χ1v) is 12.4. The van der Waals surface area contributed by atoms with E-state index in [4.69, 9.17) is 0 Å². The predicted octanol–water partition coefficient (Wildman–Crippen LogP) is 9.14. The van der Waals surface area contributed by atoms with E-state index in [0.717, 1.165) is 19.3 Å². The Kier molecular flexibility index (Phi) is 7.42. The van der Waals surface area contributed by atoms with Crippen molar-refractivity contribution in [2.45, 2.75) is 97.8 Å². The van der Waals surface area contributed by atoms with Crippen molar-refractivity contribution in [2.75, 3.05) is 0 Å². The zero-order valence-electron chi connectivity index (χ0n) is 21.5. The molecule has 0 heterocycles. The van der Waals surface area contributed by atoms with E-state index >= 15 is 8.78 Å². The van der Waals surface area contributed by atoms with Crippen molar-refractivity contribution in [3.63, 3.8) is 0 Å². The molecule has 0 nitrogen and oxygen atoms in total. The van der Waals surface area contributed by atoms with Gasteiger partial charge in [0.15, 0.2) is 0 Å². The highest BCUT2D eigenvalue weighted by molar-refractivity contribution is 5.36. The maximum atomic E-state index is 15.9. The molecular weight excluding hydrogens is 417 g/mol. The molecule has 2 aromatic rings. The van der Waals surface area contributed by atoms with E-state index in [9.17, 15) is 4.39 Å². The molecule has 3 rings (SSSR count). The van der Waals surface area contributed by atoms with Gasteiger partial charge in [0.05, 0.1) is 0 Å². The van der Waals surface area contributed by atoms with Gasteiger partial charge in [0.1, 0.15) is 17.5 Å². The predicted molar refractivity (Wildman–Crippen MR) is 132 cm³/mol. The second kappa shape index (κ2) is 9.47. The average Bonchev–Trinajstić information content (AvgIpc) is 2.69. The van der Waals surface area contributed by atoms with Gasteiger partial charge in [-0.05, 0) is 77.0 Å². The largest absolute Gasteiger partial charge is 0.207 e. The molecule has 0 amide bonds.